The van der Waals surface area contributed by atoms with Crippen molar-refractivity contribution in [1.29, 1.82) is 0 Å². The zero-order valence-corrected chi connectivity index (χ0v) is 12.3. The minimum Gasteiger partial charge on any atom is -0.494 e. The molecule has 4 N–H and O–H groups in total. The molecule has 0 aromatic heterocycles. The molecule has 0 aliphatic rings. The van der Waals surface area contributed by atoms with Crippen LogP contribution in [0.3, 0.4) is 0 Å². The second-order valence-corrected chi connectivity index (χ2v) is 5.08. The first-order valence-electron chi connectivity index (χ1n) is 7.48. The highest BCUT2D eigenvalue weighted by atomic mass is 16.5. The van der Waals surface area contributed by atoms with Gasteiger partial charge in [-0.1, -0.05) is 44.7 Å². The molecule has 1 rings (SSSR count). The topological polar surface area (TPSA) is 75.7 Å². The fourth-order valence-electron chi connectivity index (χ4n) is 2.01. The summed E-state index contributed by atoms with van der Waals surface area (Å²) in [5.41, 5.74) is 5.97. The van der Waals surface area contributed by atoms with Gasteiger partial charge in [0.05, 0.1) is 12.7 Å². The summed E-state index contributed by atoms with van der Waals surface area (Å²) in [5.74, 6) is 0.790. The Labute approximate surface area is 121 Å². The molecule has 0 aliphatic heterocycles. The van der Waals surface area contributed by atoms with Gasteiger partial charge >= 0.3 is 0 Å². The van der Waals surface area contributed by atoms with Gasteiger partial charge in [-0.3, -0.25) is 0 Å². The highest BCUT2D eigenvalue weighted by Gasteiger charge is 2.16. The maximum Gasteiger partial charge on any atom is 0.119 e. The molecule has 1 aromatic carbocycles. The van der Waals surface area contributed by atoms with Crippen molar-refractivity contribution in [1.82, 2.24) is 0 Å². The Bertz CT molecular complexity index is 353. The summed E-state index contributed by atoms with van der Waals surface area (Å²) < 4.78 is 5.64. The molecule has 0 amide bonds. The minimum atomic E-state index is -0.942. The van der Waals surface area contributed by atoms with Gasteiger partial charge in [-0.15, -0.1) is 0 Å². The summed E-state index contributed by atoms with van der Waals surface area (Å²) in [6.45, 7) is 2.96. The van der Waals surface area contributed by atoms with Crippen LogP contribution in [0.25, 0.3) is 0 Å². The third-order valence-electron chi connectivity index (χ3n) is 3.34. The van der Waals surface area contributed by atoms with Gasteiger partial charge in [0.15, 0.2) is 0 Å². The van der Waals surface area contributed by atoms with E-state index < -0.39 is 12.2 Å². The number of ether oxygens (including phenoxy) is 1. The second kappa shape index (κ2) is 9.75. The van der Waals surface area contributed by atoms with Crippen molar-refractivity contribution in [2.45, 2.75) is 51.2 Å². The van der Waals surface area contributed by atoms with Gasteiger partial charge in [0, 0.05) is 6.54 Å². The van der Waals surface area contributed by atoms with Crippen molar-refractivity contribution >= 4 is 0 Å². The van der Waals surface area contributed by atoms with E-state index in [1.807, 2.05) is 12.1 Å². The summed E-state index contributed by atoms with van der Waals surface area (Å²) in [4.78, 5) is 0. The van der Waals surface area contributed by atoms with E-state index in [0.717, 1.165) is 18.8 Å². The molecule has 20 heavy (non-hydrogen) atoms. The second-order valence-electron chi connectivity index (χ2n) is 5.08. The van der Waals surface area contributed by atoms with E-state index in [-0.39, 0.29) is 6.54 Å². The molecule has 1 aromatic rings. The molecule has 0 fully saturated rings. The fraction of sp³-hybridized carbons (Fsp3) is 0.625. The normalized spacial score (nSPS) is 14.0. The Kier molecular flexibility index (Phi) is 8.26. The molecule has 0 radical (unpaired) electrons. The van der Waals surface area contributed by atoms with Gasteiger partial charge in [-0.25, -0.2) is 0 Å². The van der Waals surface area contributed by atoms with E-state index in [1.54, 1.807) is 12.1 Å². The monoisotopic (exact) mass is 281 g/mol. The van der Waals surface area contributed by atoms with Crippen LogP contribution in [-0.2, 0) is 0 Å². The van der Waals surface area contributed by atoms with Crippen LogP contribution in [0.5, 0.6) is 5.75 Å². The quantitative estimate of drug-likeness (QED) is 0.576. The van der Waals surface area contributed by atoms with Crippen molar-refractivity contribution < 1.29 is 14.9 Å². The van der Waals surface area contributed by atoms with Crippen LogP contribution in [0.1, 0.15) is 50.7 Å². The molecule has 4 heteroatoms. The standard InChI is InChI=1S/C16H27NO3/c1-2-3-4-5-6-11-20-14-9-7-13(8-10-14)16(19)15(18)12-17/h7-10,15-16,18-19H,2-6,11-12,17H2,1H3. The Morgan fingerprint density at radius 1 is 1.05 bits per heavy atom. The van der Waals surface area contributed by atoms with Crippen molar-refractivity contribution in [3.8, 4) is 5.75 Å². The SMILES string of the molecule is CCCCCCCOc1ccc(C(O)C(O)CN)cc1. The van der Waals surface area contributed by atoms with Crippen molar-refractivity contribution in [2.24, 2.45) is 5.73 Å². The van der Waals surface area contributed by atoms with Crippen LogP contribution >= 0.6 is 0 Å². The summed E-state index contributed by atoms with van der Waals surface area (Å²) in [5, 5.41) is 19.3. The third kappa shape index (κ3) is 5.90. The molecular formula is C16H27NO3. The number of aliphatic hydroxyl groups excluding tert-OH is 2. The summed E-state index contributed by atoms with van der Waals surface area (Å²) in [6, 6.07) is 7.15. The van der Waals surface area contributed by atoms with E-state index in [1.165, 1.54) is 25.7 Å². The lowest BCUT2D eigenvalue weighted by Gasteiger charge is -2.16. The average molecular weight is 281 g/mol. The fourth-order valence-corrected chi connectivity index (χ4v) is 2.01. The number of benzene rings is 1. The van der Waals surface area contributed by atoms with E-state index in [0.29, 0.717) is 5.56 Å². The Hall–Kier alpha value is -1.10. The Morgan fingerprint density at radius 2 is 1.70 bits per heavy atom. The zero-order valence-electron chi connectivity index (χ0n) is 12.3. The van der Waals surface area contributed by atoms with E-state index >= 15 is 0 Å². The van der Waals surface area contributed by atoms with E-state index in [4.69, 9.17) is 10.5 Å². The van der Waals surface area contributed by atoms with Crippen LogP contribution in [0, 0.1) is 0 Å². The van der Waals surface area contributed by atoms with Crippen LogP contribution in [0.4, 0.5) is 0 Å². The van der Waals surface area contributed by atoms with Gasteiger partial charge in [0.1, 0.15) is 11.9 Å². The lowest BCUT2D eigenvalue weighted by molar-refractivity contribution is 0.0243. The van der Waals surface area contributed by atoms with Crippen LogP contribution < -0.4 is 10.5 Å². The molecular weight excluding hydrogens is 254 g/mol. The molecule has 0 bridgehead atoms. The van der Waals surface area contributed by atoms with Crippen LogP contribution in [0.15, 0.2) is 24.3 Å². The van der Waals surface area contributed by atoms with Gasteiger partial charge in [-0.05, 0) is 24.1 Å². The van der Waals surface area contributed by atoms with E-state index in [2.05, 4.69) is 6.92 Å². The maximum absolute atomic E-state index is 9.81. The van der Waals surface area contributed by atoms with Crippen LogP contribution in [-0.4, -0.2) is 29.5 Å². The molecule has 0 aliphatic carbocycles. The molecule has 114 valence electrons. The van der Waals surface area contributed by atoms with Crippen LogP contribution in [0.2, 0.25) is 0 Å². The van der Waals surface area contributed by atoms with Gasteiger partial charge < -0.3 is 20.7 Å². The van der Waals surface area contributed by atoms with Gasteiger partial charge in [-0.2, -0.15) is 0 Å². The molecule has 4 nitrogen and oxygen atoms in total. The highest BCUT2D eigenvalue weighted by Crippen LogP contribution is 2.20. The zero-order chi connectivity index (χ0) is 14.8. The smallest absolute Gasteiger partial charge is 0.119 e. The predicted molar refractivity (Wildman–Crippen MR) is 80.7 cm³/mol. The maximum atomic E-state index is 9.81. The van der Waals surface area contributed by atoms with Crippen molar-refractivity contribution in [3.63, 3.8) is 0 Å². The molecule has 0 spiro atoms. The largest absolute Gasteiger partial charge is 0.494 e. The number of aliphatic hydroxyl groups is 2. The number of unbranched alkanes of at least 4 members (excludes halogenated alkanes) is 4. The highest BCUT2D eigenvalue weighted by molar-refractivity contribution is 5.29. The average Bonchev–Trinajstić information content (AvgIpc) is 2.50. The van der Waals surface area contributed by atoms with Crippen molar-refractivity contribution in [3.05, 3.63) is 29.8 Å². The third-order valence-corrected chi connectivity index (χ3v) is 3.34. The number of hydrogen-bond acceptors (Lipinski definition) is 4. The lowest BCUT2D eigenvalue weighted by Crippen LogP contribution is -2.27. The number of rotatable bonds is 10. The van der Waals surface area contributed by atoms with E-state index in [9.17, 15) is 10.2 Å². The minimum absolute atomic E-state index is 0.0389. The number of hydrogen-bond donors (Lipinski definition) is 3. The van der Waals surface area contributed by atoms with Gasteiger partial charge in [0.25, 0.3) is 0 Å². The Morgan fingerprint density at radius 3 is 2.30 bits per heavy atom. The molecule has 0 saturated carbocycles. The first-order valence-corrected chi connectivity index (χ1v) is 7.48. The summed E-state index contributed by atoms with van der Waals surface area (Å²) in [6.07, 6.45) is 4.20. The first-order chi connectivity index (χ1) is 9.69. The van der Waals surface area contributed by atoms with Gasteiger partial charge in [0.2, 0.25) is 0 Å². The Balaban J connectivity index is 2.31. The summed E-state index contributed by atoms with van der Waals surface area (Å²) >= 11 is 0. The lowest BCUT2D eigenvalue weighted by atomic mass is 10.0. The molecule has 2 atom stereocenters. The molecule has 0 saturated heterocycles. The summed E-state index contributed by atoms with van der Waals surface area (Å²) in [7, 11) is 0. The predicted octanol–water partition coefficient (Wildman–Crippen LogP) is 2.39. The van der Waals surface area contributed by atoms with Crippen molar-refractivity contribution in [2.75, 3.05) is 13.2 Å². The number of nitrogens with two attached hydrogens (primary N) is 1. The molecule has 0 heterocycles. The molecule has 2 unspecified atom stereocenters. The first kappa shape index (κ1) is 17.0.